The Labute approximate surface area is 132 Å². The molecule has 0 aliphatic heterocycles. The molecule has 0 aliphatic carbocycles. The first-order valence-corrected chi connectivity index (χ1v) is 5.35. The highest BCUT2D eigenvalue weighted by atomic mass is 35.5. The van der Waals surface area contributed by atoms with Crippen LogP contribution in [-0.4, -0.2) is 4.98 Å². The van der Waals surface area contributed by atoms with Gasteiger partial charge in [0.2, 0.25) is 0 Å². The standard InChI is InChI=1S/C14H9F3N2.2ClH/c15-14(16,17)12-3-1-2-10(6-12)4-5-11-7-13(18)9-19-8-11;;/h1-3,6-9H,18H2;2*1H. The van der Waals surface area contributed by atoms with Gasteiger partial charge in [-0.25, -0.2) is 0 Å². The van der Waals surface area contributed by atoms with Crippen molar-refractivity contribution in [3.8, 4) is 11.8 Å². The van der Waals surface area contributed by atoms with Crippen molar-refractivity contribution in [2.45, 2.75) is 6.18 Å². The molecule has 2 aromatic rings. The van der Waals surface area contributed by atoms with Crippen LogP contribution in [0.5, 0.6) is 0 Å². The molecule has 0 radical (unpaired) electrons. The normalized spacial score (nSPS) is 9.67. The zero-order valence-corrected chi connectivity index (χ0v) is 12.1. The predicted molar refractivity (Wildman–Crippen MR) is 80.6 cm³/mol. The number of nitrogens with two attached hydrogens (primary N) is 1. The first-order valence-electron chi connectivity index (χ1n) is 5.35. The Hall–Kier alpha value is -1.90. The lowest BCUT2D eigenvalue weighted by molar-refractivity contribution is -0.137. The maximum atomic E-state index is 12.5. The van der Waals surface area contributed by atoms with Crippen molar-refractivity contribution in [3.63, 3.8) is 0 Å². The monoisotopic (exact) mass is 334 g/mol. The van der Waals surface area contributed by atoms with E-state index in [4.69, 9.17) is 5.73 Å². The summed E-state index contributed by atoms with van der Waals surface area (Å²) < 4.78 is 37.5. The summed E-state index contributed by atoms with van der Waals surface area (Å²) in [5, 5.41) is 0. The van der Waals surface area contributed by atoms with Crippen LogP contribution in [0.3, 0.4) is 0 Å². The first kappa shape index (κ1) is 19.1. The van der Waals surface area contributed by atoms with Crippen LogP contribution in [-0.2, 0) is 6.18 Å². The quantitative estimate of drug-likeness (QED) is 0.741. The second kappa shape index (κ2) is 7.77. The van der Waals surface area contributed by atoms with Crippen LogP contribution in [0.4, 0.5) is 18.9 Å². The summed E-state index contributed by atoms with van der Waals surface area (Å²) in [6.45, 7) is 0. The number of halogens is 5. The molecule has 2 nitrogen and oxygen atoms in total. The fourth-order valence-electron chi connectivity index (χ4n) is 1.44. The van der Waals surface area contributed by atoms with E-state index >= 15 is 0 Å². The minimum atomic E-state index is -4.36. The van der Waals surface area contributed by atoms with Gasteiger partial charge in [-0.15, -0.1) is 24.8 Å². The minimum Gasteiger partial charge on any atom is -0.397 e. The maximum Gasteiger partial charge on any atom is 0.416 e. The summed E-state index contributed by atoms with van der Waals surface area (Å²) in [7, 11) is 0. The summed E-state index contributed by atoms with van der Waals surface area (Å²) >= 11 is 0. The average molecular weight is 335 g/mol. The second-order valence-electron chi connectivity index (χ2n) is 3.84. The summed E-state index contributed by atoms with van der Waals surface area (Å²) in [6.07, 6.45) is -1.40. The highest BCUT2D eigenvalue weighted by molar-refractivity contribution is 5.85. The van der Waals surface area contributed by atoms with Crippen molar-refractivity contribution in [1.29, 1.82) is 0 Å². The third-order valence-corrected chi connectivity index (χ3v) is 2.30. The van der Waals surface area contributed by atoms with Crippen LogP contribution < -0.4 is 5.73 Å². The number of nitrogens with zero attached hydrogens (tertiary/aromatic N) is 1. The SMILES string of the molecule is Cl.Cl.Nc1cncc(C#Cc2cccc(C(F)(F)F)c2)c1. The molecule has 0 saturated carbocycles. The maximum absolute atomic E-state index is 12.5. The lowest BCUT2D eigenvalue weighted by Crippen LogP contribution is -2.04. The molecule has 0 aliphatic rings. The highest BCUT2D eigenvalue weighted by Gasteiger charge is 2.30. The minimum absolute atomic E-state index is 0. The van der Waals surface area contributed by atoms with Gasteiger partial charge in [0.25, 0.3) is 0 Å². The smallest absolute Gasteiger partial charge is 0.397 e. The van der Waals surface area contributed by atoms with Crippen molar-refractivity contribution < 1.29 is 13.2 Å². The number of benzene rings is 1. The van der Waals surface area contributed by atoms with E-state index in [-0.39, 0.29) is 30.4 Å². The van der Waals surface area contributed by atoms with Crippen molar-refractivity contribution >= 4 is 30.5 Å². The van der Waals surface area contributed by atoms with Crippen molar-refractivity contribution in [1.82, 2.24) is 4.98 Å². The van der Waals surface area contributed by atoms with Gasteiger partial charge in [0, 0.05) is 23.5 Å². The number of anilines is 1. The zero-order chi connectivity index (χ0) is 13.9. The van der Waals surface area contributed by atoms with Crippen LogP contribution in [0.15, 0.2) is 42.7 Å². The lowest BCUT2D eigenvalue weighted by Gasteiger charge is -2.05. The molecule has 0 spiro atoms. The number of rotatable bonds is 0. The van der Waals surface area contributed by atoms with Crippen LogP contribution >= 0.6 is 24.8 Å². The predicted octanol–water partition coefficient (Wildman–Crippen LogP) is 3.93. The number of alkyl halides is 3. The van der Waals surface area contributed by atoms with E-state index < -0.39 is 11.7 Å². The Balaban J connectivity index is 0.00000200. The molecule has 2 N–H and O–H groups in total. The summed E-state index contributed by atoms with van der Waals surface area (Å²) in [5.74, 6) is 5.38. The van der Waals surface area contributed by atoms with Crippen LogP contribution in [0, 0.1) is 11.8 Å². The molecule has 2 rings (SSSR count). The summed E-state index contributed by atoms with van der Waals surface area (Å²) in [6, 6.07) is 6.46. The van der Waals surface area contributed by atoms with Crippen LogP contribution in [0.25, 0.3) is 0 Å². The van der Waals surface area contributed by atoms with Gasteiger partial charge < -0.3 is 5.73 Å². The van der Waals surface area contributed by atoms with E-state index in [0.717, 1.165) is 12.1 Å². The largest absolute Gasteiger partial charge is 0.416 e. The molecule has 0 saturated heterocycles. The second-order valence-corrected chi connectivity index (χ2v) is 3.84. The Morgan fingerprint density at radius 2 is 1.62 bits per heavy atom. The fraction of sp³-hybridized carbons (Fsp3) is 0.0714. The molecule has 0 bridgehead atoms. The number of hydrogen-bond acceptors (Lipinski definition) is 2. The highest BCUT2D eigenvalue weighted by Crippen LogP contribution is 2.29. The van der Waals surface area contributed by atoms with E-state index in [1.807, 2.05) is 0 Å². The topological polar surface area (TPSA) is 38.9 Å². The molecule has 7 heteroatoms. The molecular formula is C14H11Cl2F3N2. The Morgan fingerprint density at radius 1 is 0.952 bits per heavy atom. The lowest BCUT2D eigenvalue weighted by atomic mass is 10.1. The van der Waals surface area contributed by atoms with Gasteiger partial charge in [-0.2, -0.15) is 13.2 Å². The first-order chi connectivity index (χ1) is 8.95. The molecule has 1 heterocycles. The van der Waals surface area contributed by atoms with Gasteiger partial charge in [0.1, 0.15) is 0 Å². The third-order valence-electron chi connectivity index (χ3n) is 2.30. The number of hydrogen-bond donors (Lipinski definition) is 1. The van der Waals surface area contributed by atoms with Gasteiger partial charge >= 0.3 is 6.18 Å². The number of pyridine rings is 1. The number of aromatic nitrogens is 1. The van der Waals surface area contributed by atoms with E-state index in [2.05, 4.69) is 16.8 Å². The molecule has 112 valence electrons. The Bertz CT molecular complexity index is 661. The van der Waals surface area contributed by atoms with E-state index in [0.29, 0.717) is 11.3 Å². The van der Waals surface area contributed by atoms with Crippen molar-refractivity contribution in [2.24, 2.45) is 0 Å². The van der Waals surface area contributed by atoms with E-state index in [1.54, 1.807) is 6.07 Å². The fourth-order valence-corrected chi connectivity index (χ4v) is 1.44. The van der Waals surface area contributed by atoms with Gasteiger partial charge in [-0.3, -0.25) is 4.98 Å². The van der Waals surface area contributed by atoms with E-state index in [1.165, 1.54) is 24.5 Å². The van der Waals surface area contributed by atoms with Crippen molar-refractivity contribution in [2.75, 3.05) is 5.73 Å². The van der Waals surface area contributed by atoms with E-state index in [9.17, 15) is 13.2 Å². The van der Waals surface area contributed by atoms with Gasteiger partial charge in [-0.05, 0) is 24.3 Å². The Morgan fingerprint density at radius 3 is 2.24 bits per heavy atom. The van der Waals surface area contributed by atoms with Crippen molar-refractivity contribution in [3.05, 3.63) is 59.4 Å². The van der Waals surface area contributed by atoms with Gasteiger partial charge in [-0.1, -0.05) is 17.9 Å². The molecule has 0 fully saturated rings. The van der Waals surface area contributed by atoms with Crippen LogP contribution in [0.2, 0.25) is 0 Å². The average Bonchev–Trinajstić information content (AvgIpc) is 2.36. The molecule has 21 heavy (non-hydrogen) atoms. The summed E-state index contributed by atoms with van der Waals surface area (Å²) in [4.78, 5) is 3.85. The molecule has 1 aromatic carbocycles. The molecule has 1 aromatic heterocycles. The molecule has 0 amide bonds. The third kappa shape index (κ3) is 5.54. The molecule has 0 unspecified atom stereocenters. The van der Waals surface area contributed by atoms with Gasteiger partial charge in [0.15, 0.2) is 0 Å². The molecule has 0 atom stereocenters. The number of nitrogen functional groups attached to an aromatic ring is 1. The zero-order valence-electron chi connectivity index (χ0n) is 10.5. The van der Waals surface area contributed by atoms with Crippen LogP contribution in [0.1, 0.15) is 16.7 Å². The van der Waals surface area contributed by atoms with Gasteiger partial charge in [0.05, 0.1) is 11.3 Å². The summed E-state index contributed by atoms with van der Waals surface area (Å²) in [5.41, 5.74) is 6.11. The Kier molecular flexibility index (Phi) is 7.07. The molecular weight excluding hydrogens is 324 g/mol.